The van der Waals surface area contributed by atoms with Crippen molar-refractivity contribution >= 4 is 27.3 Å². The molecule has 138 valence electrons. The molecule has 3 rings (SSSR count). The maximum atomic E-state index is 14.8. The van der Waals surface area contributed by atoms with E-state index in [4.69, 9.17) is 0 Å². The van der Waals surface area contributed by atoms with Crippen molar-refractivity contribution in [1.29, 1.82) is 0 Å². The van der Waals surface area contributed by atoms with E-state index in [1.807, 2.05) is 18.2 Å². The molecule has 0 aliphatic carbocycles. The molecular formula is C24H15BrF2O. The van der Waals surface area contributed by atoms with Gasteiger partial charge in [-0.15, -0.1) is 0 Å². The van der Waals surface area contributed by atoms with Crippen LogP contribution in [0.25, 0.3) is 5.57 Å². The van der Waals surface area contributed by atoms with Crippen LogP contribution in [-0.2, 0) is 0 Å². The maximum absolute atomic E-state index is 14.8. The summed E-state index contributed by atoms with van der Waals surface area (Å²) in [6.45, 7) is 0. The van der Waals surface area contributed by atoms with Gasteiger partial charge in [0.05, 0.1) is 0 Å². The highest BCUT2D eigenvalue weighted by Gasteiger charge is 2.37. The highest BCUT2D eigenvalue weighted by Crippen LogP contribution is 2.27. The Kier molecular flexibility index (Phi) is 6.18. The third kappa shape index (κ3) is 5.03. The van der Waals surface area contributed by atoms with Crippen LogP contribution in [0.1, 0.15) is 21.5 Å². The van der Waals surface area contributed by atoms with Gasteiger partial charge in [0, 0.05) is 27.2 Å². The molecule has 28 heavy (non-hydrogen) atoms. The third-order valence-electron chi connectivity index (χ3n) is 3.93. The molecule has 0 atom stereocenters. The molecule has 1 nitrogen and oxygen atoms in total. The minimum absolute atomic E-state index is 0.0621. The Balaban J connectivity index is 2.01. The molecule has 0 unspecified atom stereocenters. The molecular weight excluding hydrogens is 422 g/mol. The summed E-state index contributed by atoms with van der Waals surface area (Å²) < 4.78 is 30.2. The summed E-state index contributed by atoms with van der Waals surface area (Å²) in [5, 5.41) is 0. The molecule has 0 amide bonds. The fourth-order valence-electron chi connectivity index (χ4n) is 2.51. The van der Waals surface area contributed by atoms with Gasteiger partial charge >= 0.3 is 5.92 Å². The van der Waals surface area contributed by atoms with Gasteiger partial charge in [-0.1, -0.05) is 88.4 Å². The fraction of sp³-hybridized carbons (Fsp3) is 0.0417. The van der Waals surface area contributed by atoms with Crippen LogP contribution >= 0.6 is 15.9 Å². The lowest BCUT2D eigenvalue weighted by Gasteiger charge is -2.12. The van der Waals surface area contributed by atoms with Gasteiger partial charge in [0.2, 0.25) is 5.78 Å². The van der Waals surface area contributed by atoms with Gasteiger partial charge in [0.1, 0.15) is 0 Å². The molecule has 4 heteroatoms. The lowest BCUT2D eigenvalue weighted by Crippen LogP contribution is -2.26. The van der Waals surface area contributed by atoms with E-state index in [2.05, 4.69) is 27.8 Å². The van der Waals surface area contributed by atoms with Crippen molar-refractivity contribution < 1.29 is 13.6 Å². The minimum atomic E-state index is -3.69. The van der Waals surface area contributed by atoms with Crippen molar-refractivity contribution in [3.8, 4) is 11.8 Å². The number of carbonyl (C=O) groups excluding carboxylic acids is 1. The molecule has 0 saturated carbocycles. The smallest absolute Gasteiger partial charge is 0.287 e. The van der Waals surface area contributed by atoms with Gasteiger partial charge in [-0.25, -0.2) is 0 Å². The molecule has 3 aromatic carbocycles. The van der Waals surface area contributed by atoms with E-state index < -0.39 is 11.7 Å². The summed E-state index contributed by atoms with van der Waals surface area (Å²) in [7, 11) is 0. The Labute approximate surface area is 170 Å². The second-order valence-corrected chi connectivity index (χ2v) is 6.91. The fourth-order valence-corrected chi connectivity index (χ4v) is 2.78. The summed E-state index contributed by atoms with van der Waals surface area (Å²) in [5.41, 5.74) is 1.26. The van der Waals surface area contributed by atoms with Crippen molar-refractivity contribution in [3.63, 3.8) is 0 Å². The number of benzene rings is 3. The van der Waals surface area contributed by atoms with Gasteiger partial charge in [-0.05, 0) is 29.8 Å². The summed E-state index contributed by atoms with van der Waals surface area (Å²) in [4.78, 5) is 12.4. The molecule has 0 aliphatic rings. The van der Waals surface area contributed by atoms with Crippen molar-refractivity contribution in [3.05, 3.63) is 112 Å². The van der Waals surface area contributed by atoms with Crippen LogP contribution in [-0.4, -0.2) is 11.7 Å². The Bertz CT molecular complexity index is 1040. The van der Waals surface area contributed by atoms with Gasteiger partial charge in [-0.2, -0.15) is 8.78 Å². The Hall–Kier alpha value is -3.03. The monoisotopic (exact) mass is 436 g/mol. The number of Topliss-reactive ketones (excluding diaryl/α,β-unsaturated/α-hetero) is 1. The van der Waals surface area contributed by atoms with Crippen molar-refractivity contribution in [2.45, 2.75) is 5.92 Å². The first-order valence-corrected chi connectivity index (χ1v) is 9.28. The zero-order valence-corrected chi connectivity index (χ0v) is 16.3. The number of rotatable bonds is 4. The lowest BCUT2D eigenvalue weighted by molar-refractivity contribution is 0.0384. The topological polar surface area (TPSA) is 17.1 Å². The lowest BCUT2D eigenvalue weighted by atomic mass is 9.99. The molecule has 0 radical (unpaired) electrons. The molecule has 3 aromatic rings. The summed E-state index contributed by atoms with van der Waals surface area (Å²) in [6, 6.07) is 23.6. The average molecular weight is 437 g/mol. The zero-order chi connectivity index (χ0) is 20.0. The predicted octanol–water partition coefficient (Wildman–Crippen LogP) is 6.40. The molecule has 0 saturated heterocycles. The largest absolute Gasteiger partial charge is 0.329 e. The van der Waals surface area contributed by atoms with Crippen LogP contribution in [0, 0.1) is 11.8 Å². The summed E-state index contributed by atoms with van der Waals surface area (Å²) in [6.07, 6.45) is 0.642. The number of alkyl halides is 2. The van der Waals surface area contributed by atoms with Gasteiger partial charge in [0.15, 0.2) is 0 Å². The number of halogens is 3. The maximum Gasteiger partial charge on any atom is 0.329 e. The first-order valence-electron chi connectivity index (χ1n) is 8.49. The van der Waals surface area contributed by atoms with E-state index in [0.717, 1.165) is 0 Å². The molecule has 0 N–H and O–H groups in total. The first-order chi connectivity index (χ1) is 13.5. The van der Waals surface area contributed by atoms with Crippen molar-refractivity contribution in [2.75, 3.05) is 0 Å². The molecule has 0 fully saturated rings. The molecule has 0 aromatic heterocycles. The second-order valence-electron chi connectivity index (χ2n) is 6.00. The quantitative estimate of drug-likeness (QED) is 0.341. The zero-order valence-electron chi connectivity index (χ0n) is 14.7. The average Bonchev–Trinajstić information content (AvgIpc) is 2.72. The SMILES string of the molecule is O=C(c1ccc(Br)cc1)C(F)(F)/C=C(/C#Cc1ccccc1)c1ccccc1. The van der Waals surface area contributed by atoms with E-state index in [1.54, 1.807) is 54.6 Å². The first kappa shape index (κ1) is 19.7. The van der Waals surface area contributed by atoms with E-state index in [0.29, 0.717) is 21.7 Å². The predicted molar refractivity (Wildman–Crippen MR) is 111 cm³/mol. The van der Waals surface area contributed by atoms with Gasteiger partial charge in [-0.3, -0.25) is 4.79 Å². The summed E-state index contributed by atoms with van der Waals surface area (Å²) in [5.74, 6) is 0.719. The Morgan fingerprint density at radius 2 is 1.39 bits per heavy atom. The molecule has 0 heterocycles. The van der Waals surface area contributed by atoms with E-state index >= 15 is 0 Å². The van der Waals surface area contributed by atoms with Crippen LogP contribution in [0.4, 0.5) is 8.78 Å². The Morgan fingerprint density at radius 1 is 0.821 bits per heavy atom. The second kappa shape index (κ2) is 8.77. The van der Waals surface area contributed by atoms with Crippen LogP contribution in [0.2, 0.25) is 0 Å². The van der Waals surface area contributed by atoms with Crippen LogP contribution in [0.5, 0.6) is 0 Å². The number of hydrogen-bond acceptors (Lipinski definition) is 1. The van der Waals surface area contributed by atoms with Gasteiger partial charge in [0.25, 0.3) is 0 Å². The minimum Gasteiger partial charge on any atom is -0.287 e. The van der Waals surface area contributed by atoms with Crippen molar-refractivity contribution in [1.82, 2.24) is 0 Å². The number of hydrogen-bond donors (Lipinski definition) is 0. The number of ketones is 1. The number of carbonyl (C=O) groups is 1. The molecule has 0 aliphatic heterocycles. The highest BCUT2D eigenvalue weighted by molar-refractivity contribution is 9.10. The molecule has 0 spiro atoms. The van der Waals surface area contributed by atoms with E-state index in [1.165, 1.54) is 12.1 Å². The van der Waals surface area contributed by atoms with E-state index in [9.17, 15) is 13.6 Å². The highest BCUT2D eigenvalue weighted by atomic mass is 79.9. The van der Waals surface area contributed by atoms with Crippen LogP contribution in [0.15, 0.2) is 95.5 Å². The normalized spacial score (nSPS) is 11.5. The van der Waals surface area contributed by atoms with Crippen molar-refractivity contribution in [2.24, 2.45) is 0 Å². The standard InChI is InChI=1S/C24H15BrF2O/c25-22-15-13-20(14-16-22)23(28)24(26,27)17-21(19-9-5-2-6-10-19)12-11-18-7-3-1-4-8-18/h1-10,13-17H/b21-17-. The Morgan fingerprint density at radius 3 is 2.00 bits per heavy atom. The van der Waals surface area contributed by atoms with Gasteiger partial charge < -0.3 is 0 Å². The number of allylic oxidation sites excluding steroid dienone is 2. The third-order valence-corrected chi connectivity index (χ3v) is 4.46. The van der Waals surface area contributed by atoms with Crippen LogP contribution < -0.4 is 0 Å². The summed E-state index contributed by atoms with van der Waals surface area (Å²) >= 11 is 3.23. The van der Waals surface area contributed by atoms with E-state index in [-0.39, 0.29) is 11.1 Å². The molecule has 0 bridgehead atoms. The van der Waals surface area contributed by atoms with Crippen LogP contribution in [0.3, 0.4) is 0 Å².